The molecule has 0 radical (unpaired) electrons. The van der Waals surface area contributed by atoms with Crippen molar-refractivity contribution in [2.24, 2.45) is 0 Å². The smallest absolute Gasteiger partial charge is 0.274 e. The third-order valence-corrected chi connectivity index (χ3v) is 4.17. The molecule has 0 atom stereocenters. The van der Waals surface area contributed by atoms with Crippen LogP contribution in [0.25, 0.3) is 0 Å². The van der Waals surface area contributed by atoms with Crippen LogP contribution in [-0.4, -0.2) is 15.9 Å². The number of hydrogen-bond acceptors (Lipinski definition) is 4. The summed E-state index contributed by atoms with van der Waals surface area (Å²) in [7, 11) is 0. The van der Waals surface area contributed by atoms with Crippen molar-refractivity contribution in [2.45, 2.75) is 33.1 Å². The van der Waals surface area contributed by atoms with Crippen LogP contribution in [0.15, 0.2) is 54.6 Å². The number of carbonyl (C=O) groups is 1. The van der Waals surface area contributed by atoms with Crippen LogP contribution >= 0.6 is 0 Å². The third-order valence-electron chi connectivity index (χ3n) is 4.17. The molecule has 3 aromatic rings. The van der Waals surface area contributed by atoms with Crippen LogP contribution in [0.4, 0.5) is 21.6 Å². The van der Waals surface area contributed by atoms with Crippen molar-refractivity contribution < 1.29 is 9.18 Å². The summed E-state index contributed by atoms with van der Waals surface area (Å²) in [5, 5.41) is 6.02. The summed E-state index contributed by atoms with van der Waals surface area (Å²) in [5.74, 6) is 0.264. The first kappa shape index (κ1) is 19.5. The lowest BCUT2D eigenvalue weighted by atomic mass is 9.86. The van der Waals surface area contributed by atoms with Crippen molar-refractivity contribution in [1.29, 1.82) is 0 Å². The van der Waals surface area contributed by atoms with Gasteiger partial charge in [0.05, 0.1) is 0 Å². The number of carbonyl (C=O) groups excluding carboxylic acids is 1. The molecule has 0 fully saturated rings. The van der Waals surface area contributed by atoms with Gasteiger partial charge >= 0.3 is 0 Å². The van der Waals surface area contributed by atoms with E-state index < -0.39 is 0 Å². The molecular weight excluding hydrogens is 355 g/mol. The van der Waals surface area contributed by atoms with Gasteiger partial charge in [-0.1, -0.05) is 39.0 Å². The number of anilines is 3. The van der Waals surface area contributed by atoms with Gasteiger partial charge in [0.15, 0.2) is 0 Å². The van der Waals surface area contributed by atoms with E-state index in [1.54, 1.807) is 13.0 Å². The van der Waals surface area contributed by atoms with Crippen LogP contribution in [0.5, 0.6) is 0 Å². The number of aromatic nitrogens is 2. The molecule has 2 N–H and O–H groups in total. The van der Waals surface area contributed by atoms with Gasteiger partial charge in [-0.15, -0.1) is 0 Å². The van der Waals surface area contributed by atoms with Gasteiger partial charge in [0.2, 0.25) is 0 Å². The monoisotopic (exact) mass is 378 g/mol. The first-order valence-electron chi connectivity index (χ1n) is 9.01. The lowest BCUT2D eigenvalue weighted by molar-refractivity contribution is 0.102. The number of nitrogens with zero attached hydrogens (tertiary/aromatic N) is 2. The fourth-order valence-electron chi connectivity index (χ4n) is 2.86. The van der Waals surface area contributed by atoms with E-state index in [2.05, 4.69) is 47.4 Å². The van der Waals surface area contributed by atoms with Crippen LogP contribution in [-0.2, 0) is 5.41 Å². The summed E-state index contributed by atoms with van der Waals surface area (Å²) in [6.07, 6.45) is 0. The Bertz CT molecular complexity index is 994. The van der Waals surface area contributed by atoms with Crippen molar-refractivity contribution in [3.05, 3.63) is 77.5 Å². The van der Waals surface area contributed by atoms with Crippen LogP contribution in [0.3, 0.4) is 0 Å². The minimum absolute atomic E-state index is 0.0472. The third kappa shape index (κ3) is 4.71. The zero-order chi connectivity index (χ0) is 20.3. The molecule has 1 aromatic heterocycles. The Hall–Kier alpha value is -3.28. The molecular formula is C22H23FN4O. The number of amides is 1. The van der Waals surface area contributed by atoms with E-state index in [1.807, 2.05) is 18.2 Å². The van der Waals surface area contributed by atoms with Crippen molar-refractivity contribution in [3.63, 3.8) is 0 Å². The molecule has 1 amide bonds. The van der Waals surface area contributed by atoms with Gasteiger partial charge < -0.3 is 10.6 Å². The first-order valence-corrected chi connectivity index (χ1v) is 9.01. The van der Waals surface area contributed by atoms with E-state index in [0.717, 1.165) is 11.3 Å². The maximum atomic E-state index is 13.0. The summed E-state index contributed by atoms with van der Waals surface area (Å²) in [6, 6.07) is 15.2. The highest BCUT2D eigenvalue weighted by Crippen LogP contribution is 2.31. The largest absolute Gasteiger partial charge is 0.340 e. The SMILES string of the molecule is Cc1nc(Nc2ccccc2C(C)(C)C)cc(C(=O)Nc2ccc(F)cc2)n1. The van der Waals surface area contributed by atoms with Crippen molar-refractivity contribution in [3.8, 4) is 0 Å². The highest BCUT2D eigenvalue weighted by atomic mass is 19.1. The Kier molecular flexibility index (Phi) is 5.40. The van der Waals surface area contributed by atoms with E-state index in [1.165, 1.54) is 24.3 Å². The summed E-state index contributed by atoms with van der Waals surface area (Å²) in [4.78, 5) is 21.2. The summed E-state index contributed by atoms with van der Waals surface area (Å²) in [5.41, 5.74) is 2.75. The van der Waals surface area contributed by atoms with E-state index in [9.17, 15) is 9.18 Å². The molecule has 0 aliphatic heterocycles. The number of nitrogens with one attached hydrogen (secondary N) is 2. The fourth-order valence-corrected chi connectivity index (χ4v) is 2.86. The number of hydrogen-bond donors (Lipinski definition) is 2. The molecule has 1 heterocycles. The molecule has 0 bridgehead atoms. The van der Waals surface area contributed by atoms with Gasteiger partial charge in [0, 0.05) is 17.4 Å². The van der Waals surface area contributed by atoms with Gasteiger partial charge in [-0.2, -0.15) is 0 Å². The molecule has 5 nitrogen and oxygen atoms in total. The van der Waals surface area contributed by atoms with E-state index in [-0.39, 0.29) is 22.8 Å². The van der Waals surface area contributed by atoms with Crippen LogP contribution in [0, 0.1) is 12.7 Å². The summed E-state index contributed by atoms with van der Waals surface area (Å²) in [6.45, 7) is 8.15. The standard InChI is InChI=1S/C22H23FN4O/c1-14-24-19(21(28)26-16-11-9-15(23)10-12-16)13-20(25-14)27-18-8-6-5-7-17(18)22(2,3)4/h5-13H,1-4H3,(H,26,28)(H,24,25,27). The topological polar surface area (TPSA) is 66.9 Å². The van der Waals surface area contributed by atoms with E-state index >= 15 is 0 Å². The Balaban J connectivity index is 1.86. The fraction of sp³-hybridized carbons (Fsp3) is 0.227. The van der Waals surface area contributed by atoms with Crippen molar-refractivity contribution in [1.82, 2.24) is 9.97 Å². The van der Waals surface area contributed by atoms with Gasteiger partial charge in [0.1, 0.15) is 23.2 Å². The number of benzene rings is 2. The summed E-state index contributed by atoms with van der Waals surface area (Å²) >= 11 is 0. The zero-order valence-electron chi connectivity index (χ0n) is 16.4. The molecule has 28 heavy (non-hydrogen) atoms. The van der Waals surface area contributed by atoms with Crippen LogP contribution in [0.1, 0.15) is 42.6 Å². The molecule has 0 aliphatic rings. The lowest BCUT2D eigenvalue weighted by Crippen LogP contribution is -2.16. The second kappa shape index (κ2) is 7.76. The van der Waals surface area contributed by atoms with Gasteiger partial charge in [-0.05, 0) is 48.2 Å². The molecule has 2 aromatic carbocycles. The predicted molar refractivity (Wildman–Crippen MR) is 110 cm³/mol. The first-order chi connectivity index (χ1) is 13.2. The molecule has 0 spiro atoms. The Morgan fingerprint density at radius 1 is 1.00 bits per heavy atom. The number of rotatable bonds is 4. The Labute approximate surface area is 164 Å². The number of halogens is 1. The normalized spacial score (nSPS) is 11.2. The average Bonchev–Trinajstić information content (AvgIpc) is 2.62. The Morgan fingerprint density at radius 2 is 1.68 bits per heavy atom. The maximum Gasteiger partial charge on any atom is 0.274 e. The molecule has 3 rings (SSSR count). The van der Waals surface area contributed by atoms with Gasteiger partial charge in [0.25, 0.3) is 5.91 Å². The summed E-state index contributed by atoms with van der Waals surface area (Å²) < 4.78 is 13.0. The highest BCUT2D eigenvalue weighted by Gasteiger charge is 2.18. The van der Waals surface area contributed by atoms with E-state index in [0.29, 0.717) is 17.3 Å². The van der Waals surface area contributed by atoms with Crippen LogP contribution in [0.2, 0.25) is 0 Å². The van der Waals surface area contributed by atoms with Crippen molar-refractivity contribution in [2.75, 3.05) is 10.6 Å². The van der Waals surface area contributed by atoms with Crippen LogP contribution < -0.4 is 10.6 Å². The van der Waals surface area contributed by atoms with Crippen molar-refractivity contribution >= 4 is 23.1 Å². The highest BCUT2D eigenvalue weighted by molar-refractivity contribution is 6.03. The maximum absolute atomic E-state index is 13.0. The molecule has 0 aliphatic carbocycles. The second-order valence-corrected chi connectivity index (χ2v) is 7.57. The quantitative estimate of drug-likeness (QED) is 0.653. The number of para-hydroxylation sites is 1. The number of aryl methyl sites for hydroxylation is 1. The second-order valence-electron chi connectivity index (χ2n) is 7.57. The minimum atomic E-state index is -0.385. The molecule has 6 heteroatoms. The Morgan fingerprint density at radius 3 is 2.36 bits per heavy atom. The molecule has 0 saturated heterocycles. The van der Waals surface area contributed by atoms with Gasteiger partial charge in [-0.3, -0.25) is 4.79 Å². The predicted octanol–water partition coefficient (Wildman–Crippen LogP) is 5.22. The van der Waals surface area contributed by atoms with E-state index in [4.69, 9.17) is 0 Å². The molecule has 0 saturated carbocycles. The molecule has 144 valence electrons. The minimum Gasteiger partial charge on any atom is -0.340 e. The average molecular weight is 378 g/mol. The lowest BCUT2D eigenvalue weighted by Gasteiger charge is -2.23. The zero-order valence-corrected chi connectivity index (χ0v) is 16.4. The van der Waals surface area contributed by atoms with Gasteiger partial charge in [-0.25, -0.2) is 14.4 Å². The molecule has 0 unspecified atom stereocenters.